The van der Waals surface area contributed by atoms with Crippen LogP contribution in [-0.2, 0) is 14.3 Å². The van der Waals surface area contributed by atoms with E-state index in [1.165, 1.54) is 28.6 Å². The number of halogens is 2. The Kier molecular flexibility index (Phi) is 6.91. The summed E-state index contributed by atoms with van der Waals surface area (Å²) in [6.45, 7) is -0.964. The molecule has 2 aromatic rings. The van der Waals surface area contributed by atoms with Crippen LogP contribution < -0.4 is 10.6 Å². The Morgan fingerprint density at radius 2 is 2.07 bits per heavy atom. The van der Waals surface area contributed by atoms with Gasteiger partial charge in [0.15, 0.2) is 5.82 Å². The highest BCUT2D eigenvalue weighted by Gasteiger charge is 2.49. The van der Waals surface area contributed by atoms with Gasteiger partial charge in [0, 0.05) is 17.7 Å². The quantitative estimate of drug-likeness (QED) is 0.274. The number of carbonyl (C=O) groups is 2. The van der Waals surface area contributed by atoms with Crippen LogP contribution >= 0.6 is 11.8 Å². The van der Waals surface area contributed by atoms with Crippen molar-refractivity contribution in [3.05, 3.63) is 24.3 Å². The summed E-state index contributed by atoms with van der Waals surface area (Å²) in [6.07, 6.45) is 1.87. The minimum Gasteiger partial charge on any atom is -0.465 e. The smallest absolute Gasteiger partial charge is 0.387 e. The van der Waals surface area contributed by atoms with Crippen molar-refractivity contribution in [1.82, 2.24) is 14.9 Å². The van der Waals surface area contributed by atoms with Gasteiger partial charge in [-0.1, -0.05) is 11.8 Å². The van der Waals surface area contributed by atoms with Crippen LogP contribution in [0.5, 0.6) is 5.75 Å². The lowest BCUT2D eigenvalue weighted by atomic mass is 9.82. The largest absolute Gasteiger partial charge is 0.465 e. The molecule has 0 amide bonds. The second-order valence-corrected chi connectivity index (χ2v) is 7.82. The molecule has 162 valence electrons. The number of Topliss-reactive ketones (excluding diaryl/α,β-unsaturated/α-hetero) is 1. The Balaban J connectivity index is 1.66. The van der Waals surface area contributed by atoms with Crippen molar-refractivity contribution in [3.63, 3.8) is 0 Å². The molecule has 1 saturated carbocycles. The fourth-order valence-corrected chi connectivity index (χ4v) is 4.41. The number of alkyl halides is 2. The molecule has 0 unspecified atom stereocenters. The molecule has 2 N–H and O–H groups in total. The maximum atomic E-state index is 12.4. The van der Waals surface area contributed by atoms with E-state index >= 15 is 0 Å². The molecule has 0 radical (unpaired) electrons. The molecule has 8 nitrogen and oxygen atoms in total. The summed E-state index contributed by atoms with van der Waals surface area (Å²) in [4.78, 5) is 24.8. The molecule has 1 fully saturated rings. The lowest BCUT2D eigenvalue weighted by molar-refractivity contribution is -0.158. The van der Waals surface area contributed by atoms with Gasteiger partial charge in [-0.15, -0.1) is 10.2 Å². The van der Waals surface area contributed by atoms with Crippen LogP contribution in [0.4, 0.5) is 8.78 Å². The molecule has 30 heavy (non-hydrogen) atoms. The Morgan fingerprint density at radius 1 is 1.33 bits per heavy atom. The van der Waals surface area contributed by atoms with Gasteiger partial charge in [-0.25, -0.2) is 4.68 Å². The molecule has 1 atom stereocenters. The van der Waals surface area contributed by atoms with E-state index in [0.29, 0.717) is 48.0 Å². The van der Waals surface area contributed by atoms with Gasteiger partial charge in [0.1, 0.15) is 16.9 Å². The Bertz CT molecular complexity index is 906. The topological polar surface area (TPSA) is 109 Å². The zero-order chi connectivity index (χ0) is 21.7. The third kappa shape index (κ3) is 4.55. The van der Waals surface area contributed by atoms with E-state index in [-0.39, 0.29) is 18.1 Å². The summed E-state index contributed by atoms with van der Waals surface area (Å²) in [5.74, 6) is 6.33. The summed E-state index contributed by atoms with van der Waals surface area (Å²) >= 11 is 1.28. The number of benzene rings is 1. The SMILES string of the molecule is CCOC(=O)[C@@]1(CCSc2nnc(-c3ccc(OC(F)F)cc3)n2N)CCCC1=O. The monoisotopic (exact) mass is 440 g/mol. The van der Waals surface area contributed by atoms with Gasteiger partial charge in [0.25, 0.3) is 0 Å². The summed E-state index contributed by atoms with van der Waals surface area (Å²) < 4.78 is 35.3. The molecule has 1 aromatic carbocycles. The van der Waals surface area contributed by atoms with Crippen LogP contribution in [0.15, 0.2) is 29.4 Å². The van der Waals surface area contributed by atoms with Crippen molar-refractivity contribution in [2.24, 2.45) is 5.41 Å². The third-order valence-corrected chi connectivity index (χ3v) is 5.91. The first-order chi connectivity index (χ1) is 14.4. The van der Waals surface area contributed by atoms with Crippen LogP contribution in [0.25, 0.3) is 11.4 Å². The number of esters is 1. The number of carbonyl (C=O) groups excluding carboxylic acids is 2. The van der Waals surface area contributed by atoms with Crippen molar-refractivity contribution in [2.45, 2.75) is 44.4 Å². The van der Waals surface area contributed by atoms with Crippen molar-refractivity contribution in [3.8, 4) is 17.1 Å². The van der Waals surface area contributed by atoms with Crippen LogP contribution in [0, 0.1) is 5.41 Å². The van der Waals surface area contributed by atoms with Gasteiger partial charge in [-0.05, 0) is 50.5 Å². The van der Waals surface area contributed by atoms with Crippen molar-refractivity contribution < 1.29 is 27.8 Å². The molecule has 11 heteroatoms. The Labute approximate surface area is 176 Å². The van der Waals surface area contributed by atoms with Crippen LogP contribution in [0.3, 0.4) is 0 Å². The molecule has 1 heterocycles. The van der Waals surface area contributed by atoms with Gasteiger partial charge in [-0.2, -0.15) is 8.78 Å². The average Bonchev–Trinajstić information content (AvgIpc) is 3.26. The number of nitrogens with two attached hydrogens (primary N) is 1. The van der Waals surface area contributed by atoms with E-state index in [1.54, 1.807) is 19.1 Å². The number of nitrogens with zero attached hydrogens (tertiary/aromatic N) is 3. The lowest BCUT2D eigenvalue weighted by Gasteiger charge is -2.24. The van der Waals surface area contributed by atoms with Crippen molar-refractivity contribution >= 4 is 23.5 Å². The van der Waals surface area contributed by atoms with Gasteiger partial charge < -0.3 is 15.3 Å². The first-order valence-electron chi connectivity index (χ1n) is 9.46. The number of hydrogen-bond acceptors (Lipinski definition) is 8. The maximum Gasteiger partial charge on any atom is 0.387 e. The summed E-state index contributed by atoms with van der Waals surface area (Å²) in [7, 11) is 0. The second-order valence-electron chi connectivity index (χ2n) is 6.76. The zero-order valence-electron chi connectivity index (χ0n) is 16.3. The molecular formula is C19H22F2N4O4S. The fourth-order valence-electron chi connectivity index (χ4n) is 3.46. The lowest BCUT2D eigenvalue weighted by Crippen LogP contribution is -2.37. The molecular weight excluding hydrogens is 418 g/mol. The fraction of sp³-hybridized carbons (Fsp3) is 0.474. The van der Waals surface area contributed by atoms with Gasteiger partial charge in [-0.3, -0.25) is 9.59 Å². The normalized spacial score (nSPS) is 18.7. The second kappa shape index (κ2) is 9.41. The number of ether oxygens (including phenoxy) is 2. The van der Waals surface area contributed by atoms with E-state index in [9.17, 15) is 18.4 Å². The predicted molar refractivity (Wildman–Crippen MR) is 106 cm³/mol. The molecule has 3 rings (SSSR count). The average molecular weight is 440 g/mol. The van der Waals surface area contributed by atoms with Crippen molar-refractivity contribution in [1.29, 1.82) is 0 Å². The molecule has 0 saturated heterocycles. The Hall–Kier alpha value is -2.69. The number of ketones is 1. The molecule has 0 aliphatic heterocycles. The number of hydrogen-bond donors (Lipinski definition) is 1. The van der Waals surface area contributed by atoms with Gasteiger partial charge in [0.05, 0.1) is 6.61 Å². The minimum absolute atomic E-state index is 0.0249. The number of rotatable bonds is 9. The molecule has 0 bridgehead atoms. The van der Waals surface area contributed by atoms with E-state index in [4.69, 9.17) is 10.6 Å². The van der Waals surface area contributed by atoms with Crippen LogP contribution in [0.2, 0.25) is 0 Å². The number of aromatic nitrogens is 3. The number of thioether (sulfide) groups is 1. The highest BCUT2D eigenvalue weighted by atomic mass is 32.2. The van der Waals surface area contributed by atoms with Crippen LogP contribution in [0.1, 0.15) is 32.6 Å². The van der Waals surface area contributed by atoms with E-state index in [2.05, 4.69) is 14.9 Å². The third-order valence-electron chi connectivity index (χ3n) is 4.97. The van der Waals surface area contributed by atoms with Crippen molar-refractivity contribution in [2.75, 3.05) is 18.2 Å². The zero-order valence-corrected chi connectivity index (χ0v) is 17.2. The predicted octanol–water partition coefficient (Wildman–Crippen LogP) is 3.05. The molecule has 1 aromatic heterocycles. The first-order valence-corrected chi connectivity index (χ1v) is 10.4. The highest BCUT2D eigenvalue weighted by Crippen LogP contribution is 2.40. The molecule has 1 aliphatic rings. The number of nitrogen functional groups attached to an aromatic ring is 1. The maximum absolute atomic E-state index is 12.4. The Morgan fingerprint density at radius 3 is 2.67 bits per heavy atom. The summed E-state index contributed by atoms with van der Waals surface area (Å²) in [5, 5.41) is 8.50. The van der Waals surface area contributed by atoms with Gasteiger partial charge >= 0.3 is 12.6 Å². The molecule has 0 spiro atoms. The molecule has 1 aliphatic carbocycles. The van der Waals surface area contributed by atoms with Gasteiger partial charge in [0.2, 0.25) is 5.16 Å². The van der Waals surface area contributed by atoms with Crippen LogP contribution in [-0.4, -0.2) is 45.6 Å². The standard InChI is InChI=1S/C19H22F2N4O4S/c1-2-28-16(27)19(9-3-4-14(19)26)10-11-30-18-24-23-15(25(18)22)12-5-7-13(8-6-12)29-17(20)21/h5-8,17H,2-4,9-11,22H2,1H3/t19-/m1/s1. The van der Waals surface area contributed by atoms with E-state index in [0.717, 1.165) is 0 Å². The highest BCUT2D eigenvalue weighted by molar-refractivity contribution is 7.99. The first kappa shape index (κ1) is 22.0. The van der Waals surface area contributed by atoms with E-state index in [1.807, 2.05) is 0 Å². The minimum atomic E-state index is -2.90. The summed E-state index contributed by atoms with van der Waals surface area (Å²) in [5.41, 5.74) is -0.515. The van der Waals surface area contributed by atoms with E-state index < -0.39 is 18.0 Å². The summed E-state index contributed by atoms with van der Waals surface area (Å²) in [6, 6.07) is 5.87.